The molecule has 0 aliphatic rings. The second kappa shape index (κ2) is 7.98. The highest BCUT2D eigenvalue weighted by molar-refractivity contribution is 5.94. The highest BCUT2D eigenvalue weighted by atomic mass is 19.3. The number of Topliss-reactive ketones (excluding diaryl/α,β-unsaturated/α-hetero) is 1. The monoisotopic (exact) mass is 377 g/mol. The molecule has 1 aromatic heterocycles. The number of rotatable bonds is 7. The Labute approximate surface area is 157 Å². The van der Waals surface area contributed by atoms with Gasteiger partial charge >= 0.3 is 0 Å². The number of H-pyrrole nitrogens is 1. The number of carbonyl (C=O) groups excluding carboxylic acids is 1. The molecule has 1 aromatic carbocycles. The number of alkyl halides is 2. The van der Waals surface area contributed by atoms with Crippen LogP contribution in [0.4, 0.5) is 14.7 Å². The van der Waals surface area contributed by atoms with E-state index in [1.165, 1.54) is 18.2 Å². The molecule has 5 nitrogen and oxygen atoms in total. The van der Waals surface area contributed by atoms with Crippen LogP contribution < -0.4 is 10.5 Å². The highest BCUT2D eigenvalue weighted by Crippen LogP contribution is 2.32. The first-order chi connectivity index (χ1) is 12.5. The number of aromatic nitrogens is 2. The van der Waals surface area contributed by atoms with Crippen molar-refractivity contribution in [1.82, 2.24) is 9.97 Å². The maximum absolute atomic E-state index is 13.4. The highest BCUT2D eigenvalue weighted by Gasteiger charge is 2.26. The van der Waals surface area contributed by atoms with Gasteiger partial charge < -0.3 is 4.90 Å². The van der Waals surface area contributed by atoms with Crippen LogP contribution in [0.2, 0.25) is 0 Å². The molecule has 1 N–H and O–H groups in total. The predicted octanol–water partition coefficient (Wildman–Crippen LogP) is 3.96. The summed E-state index contributed by atoms with van der Waals surface area (Å²) in [5.41, 5.74) is 0.452. The van der Waals surface area contributed by atoms with Crippen molar-refractivity contribution in [3.63, 3.8) is 0 Å². The smallest absolute Gasteiger partial charge is 0.270 e. The van der Waals surface area contributed by atoms with Crippen LogP contribution in [0.1, 0.15) is 54.7 Å². The lowest BCUT2D eigenvalue weighted by molar-refractivity contribution is 0.0174. The van der Waals surface area contributed by atoms with E-state index in [1.54, 1.807) is 31.1 Å². The SMILES string of the molecule is CC(C)[C@@H](CC(=O)c1cc(=O)[nH]c(N(C)C)n1)c1ccc(C(C)(F)F)cc1. The molecule has 0 aliphatic carbocycles. The molecule has 0 spiro atoms. The summed E-state index contributed by atoms with van der Waals surface area (Å²) in [5.74, 6) is -2.91. The quantitative estimate of drug-likeness (QED) is 0.742. The van der Waals surface area contributed by atoms with Crippen LogP contribution in [0.25, 0.3) is 0 Å². The molecule has 2 aromatic rings. The van der Waals surface area contributed by atoms with Gasteiger partial charge in [0.2, 0.25) is 5.95 Å². The summed E-state index contributed by atoms with van der Waals surface area (Å²) in [4.78, 5) is 32.9. The van der Waals surface area contributed by atoms with Crippen LogP contribution in [0.3, 0.4) is 0 Å². The van der Waals surface area contributed by atoms with E-state index < -0.39 is 11.5 Å². The summed E-state index contributed by atoms with van der Waals surface area (Å²) in [5, 5.41) is 0. The second-order valence-electron chi connectivity index (χ2n) is 7.34. The molecule has 0 saturated carbocycles. The lowest BCUT2D eigenvalue weighted by atomic mass is 9.83. The summed E-state index contributed by atoms with van der Waals surface area (Å²) < 4.78 is 26.8. The Bertz CT molecular complexity index is 853. The molecule has 0 aliphatic heterocycles. The molecule has 146 valence electrons. The first kappa shape index (κ1) is 20.7. The predicted molar refractivity (Wildman–Crippen MR) is 102 cm³/mol. The number of benzene rings is 1. The standard InChI is InChI=1S/C20H25F2N3O2/c1-12(2)15(13-6-8-14(9-7-13)20(3,21)22)10-17(26)16-11-18(27)24-19(23-16)25(4)5/h6-9,11-12,15H,10H2,1-5H3,(H,23,24,27)/t15-/m1/s1. The Morgan fingerprint density at radius 2 is 1.81 bits per heavy atom. The van der Waals surface area contributed by atoms with Crippen molar-refractivity contribution in [2.45, 2.75) is 39.0 Å². The summed E-state index contributed by atoms with van der Waals surface area (Å²) >= 11 is 0. The van der Waals surface area contributed by atoms with Crippen molar-refractivity contribution in [1.29, 1.82) is 0 Å². The van der Waals surface area contributed by atoms with Crippen molar-refractivity contribution < 1.29 is 13.6 Å². The van der Waals surface area contributed by atoms with E-state index >= 15 is 0 Å². The number of ketones is 1. The minimum atomic E-state index is -2.90. The van der Waals surface area contributed by atoms with E-state index in [4.69, 9.17) is 0 Å². The van der Waals surface area contributed by atoms with Crippen molar-refractivity contribution in [3.05, 3.63) is 57.5 Å². The third-order valence-electron chi connectivity index (χ3n) is 4.49. The average molecular weight is 377 g/mol. The fourth-order valence-corrected chi connectivity index (χ4v) is 2.87. The van der Waals surface area contributed by atoms with Crippen LogP contribution >= 0.6 is 0 Å². The zero-order valence-corrected chi connectivity index (χ0v) is 16.2. The molecule has 0 fully saturated rings. The van der Waals surface area contributed by atoms with E-state index in [0.717, 1.165) is 12.5 Å². The van der Waals surface area contributed by atoms with Gasteiger partial charge in [-0.3, -0.25) is 14.6 Å². The van der Waals surface area contributed by atoms with Gasteiger partial charge in [-0.25, -0.2) is 13.8 Å². The zero-order chi connectivity index (χ0) is 20.4. The van der Waals surface area contributed by atoms with E-state index in [9.17, 15) is 18.4 Å². The Morgan fingerprint density at radius 1 is 1.22 bits per heavy atom. The molecule has 0 bridgehead atoms. The molecule has 0 amide bonds. The van der Waals surface area contributed by atoms with E-state index in [0.29, 0.717) is 5.95 Å². The van der Waals surface area contributed by atoms with Gasteiger partial charge in [-0.15, -0.1) is 0 Å². The number of halogens is 2. The molecular formula is C20H25F2N3O2. The van der Waals surface area contributed by atoms with Gasteiger partial charge in [0.05, 0.1) is 0 Å². The topological polar surface area (TPSA) is 66.1 Å². The largest absolute Gasteiger partial charge is 0.348 e. The lowest BCUT2D eigenvalue weighted by Gasteiger charge is -2.22. The average Bonchev–Trinajstić information content (AvgIpc) is 2.58. The van der Waals surface area contributed by atoms with Gasteiger partial charge in [-0.1, -0.05) is 38.1 Å². The fourth-order valence-electron chi connectivity index (χ4n) is 2.87. The number of carbonyl (C=O) groups is 1. The van der Waals surface area contributed by atoms with Crippen molar-refractivity contribution in [2.75, 3.05) is 19.0 Å². The van der Waals surface area contributed by atoms with Gasteiger partial charge in [-0.05, 0) is 17.4 Å². The molecule has 7 heteroatoms. The minimum Gasteiger partial charge on any atom is -0.348 e. The Kier molecular flexibility index (Phi) is 6.13. The molecule has 0 radical (unpaired) electrons. The third-order valence-corrected chi connectivity index (χ3v) is 4.49. The van der Waals surface area contributed by atoms with Crippen LogP contribution in [0, 0.1) is 5.92 Å². The van der Waals surface area contributed by atoms with E-state index in [-0.39, 0.29) is 35.3 Å². The van der Waals surface area contributed by atoms with Gasteiger partial charge in [0.15, 0.2) is 5.78 Å². The maximum atomic E-state index is 13.4. The Morgan fingerprint density at radius 3 is 2.30 bits per heavy atom. The second-order valence-corrected chi connectivity index (χ2v) is 7.34. The summed E-state index contributed by atoms with van der Waals surface area (Å²) in [6.45, 7) is 4.79. The van der Waals surface area contributed by atoms with Gasteiger partial charge in [-0.2, -0.15) is 0 Å². The first-order valence-corrected chi connectivity index (χ1v) is 8.79. The Balaban J connectivity index is 2.29. The van der Waals surface area contributed by atoms with Crippen molar-refractivity contribution in [3.8, 4) is 0 Å². The number of hydrogen-bond donors (Lipinski definition) is 1. The van der Waals surface area contributed by atoms with Crippen LogP contribution in [-0.2, 0) is 5.92 Å². The minimum absolute atomic E-state index is 0.0630. The van der Waals surface area contributed by atoms with Gasteiger partial charge in [0.25, 0.3) is 11.5 Å². The van der Waals surface area contributed by atoms with Gasteiger partial charge in [0.1, 0.15) is 5.69 Å². The molecule has 2 rings (SSSR count). The van der Waals surface area contributed by atoms with Crippen molar-refractivity contribution in [2.24, 2.45) is 5.92 Å². The van der Waals surface area contributed by atoms with Crippen LogP contribution in [0.15, 0.2) is 35.1 Å². The molecule has 1 heterocycles. The maximum Gasteiger partial charge on any atom is 0.270 e. The normalized spacial score (nSPS) is 12.9. The molecule has 1 atom stereocenters. The number of hydrogen-bond acceptors (Lipinski definition) is 4. The fraction of sp³-hybridized carbons (Fsp3) is 0.450. The number of aromatic amines is 1. The summed E-state index contributed by atoms with van der Waals surface area (Å²) in [6, 6.07) is 7.26. The third kappa shape index (κ3) is 5.21. The first-order valence-electron chi connectivity index (χ1n) is 8.79. The lowest BCUT2D eigenvalue weighted by Crippen LogP contribution is -2.22. The molecule has 0 saturated heterocycles. The van der Waals surface area contributed by atoms with E-state index in [1.807, 2.05) is 13.8 Å². The molecule has 27 heavy (non-hydrogen) atoms. The summed E-state index contributed by atoms with van der Waals surface area (Å²) in [7, 11) is 3.43. The number of anilines is 1. The van der Waals surface area contributed by atoms with Crippen molar-refractivity contribution >= 4 is 11.7 Å². The number of nitrogens with zero attached hydrogens (tertiary/aromatic N) is 2. The molecular weight excluding hydrogens is 352 g/mol. The number of nitrogens with one attached hydrogen (secondary N) is 1. The van der Waals surface area contributed by atoms with Crippen LogP contribution in [-0.4, -0.2) is 29.8 Å². The Hall–Kier alpha value is -2.57. The van der Waals surface area contributed by atoms with Gasteiger partial charge in [0, 0.05) is 39.1 Å². The van der Waals surface area contributed by atoms with E-state index in [2.05, 4.69) is 9.97 Å². The zero-order valence-electron chi connectivity index (χ0n) is 16.2. The van der Waals surface area contributed by atoms with Crippen LogP contribution in [0.5, 0.6) is 0 Å². The summed E-state index contributed by atoms with van der Waals surface area (Å²) in [6.07, 6.45) is 0.142. The molecule has 0 unspecified atom stereocenters.